The molecule has 1 N–H and O–H groups in total. The molecule has 2 rings (SSSR count). The van der Waals surface area contributed by atoms with Crippen molar-refractivity contribution in [1.82, 2.24) is 4.98 Å². The topological polar surface area (TPSA) is 24.9 Å². The molecule has 84 valence electrons. The van der Waals surface area contributed by atoms with E-state index in [2.05, 4.69) is 17.2 Å². The Hall–Kier alpha value is -1.06. The fourth-order valence-electron chi connectivity index (χ4n) is 1.62. The van der Waals surface area contributed by atoms with E-state index in [1.807, 2.05) is 36.7 Å². The Morgan fingerprint density at radius 2 is 2.25 bits per heavy atom. The van der Waals surface area contributed by atoms with Crippen LogP contribution in [0, 0.1) is 6.92 Å². The SMILES string of the molecule is Cc1ncsc1C(C)Nc1cccc(Cl)c1. The second-order valence-corrected chi connectivity index (χ2v) is 5.00. The highest BCUT2D eigenvalue weighted by Gasteiger charge is 2.10. The molecule has 0 saturated carbocycles. The molecule has 16 heavy (non-hydrogen) atoms. The van der Waals surface area contributed by atoms with Gasteiger partial charge in [0.2, 0.25) is 0 Å². The van der Waals surface area contributed by atoms with Gasteiger partial charge in [-0.2, -0.15) is 0 Å². The van der Waals surface area contributed by atoms with Gasteiger partial charge in [0, 0.05) is 15.6 Å². The molecule has 1 unspecified atom stereocenters. The average molecular weight is 253 g/mol. The van der Waals surface area contributed by atoms with Crippen LogP contribution in [-0.4, -0.2) is 4.98 Å². The van der Waals surface area contributed by atoms with Gasteiger partial charge in [-0.1, -0.05) is 17.7 Å². The fourth-order valence-corrected chi connectivity index (χ4v) is 2.62. The Kier molecular flexibility index (Phi) is 3.46. The first-order valence-electron chi connectivity index (χ1n) is 5.09. The van der Waals surface area contributed by atoms with E-state index >= 15 is 0 Å². The smallest absolute Gasteiger partial charge is 0.0798 e. The Balaban J connectivity index is 2.14. The van der Waals surface area contributed by atoms with Crippen LogP contribution in [-0.2, 0) is 0 Å². The summed E-state index contributed by atoms with van der Waals surface area (Å²) in [5.41, 5.74) is 4.00. The predicted molar refractivity (Wildman–Crippen MR) is 70.3 cm³/mol. The van der Waals surface area contributed by atoms with Gasteiger partial charge in [0.05, 0.1) is 17.2 Å². The third kappa shape index (κ3) is 2.54. The zero-order valence-corrected chi connectivity index (χ0v) is 10.8. The lowest BCUT2D eigenvalue weighted by Gasteiger charge is -2.14. The van der Waals surface area contributed by atoms with Crippen molar-refractivity contribution in [2.45, 2.75) is 19.9 Å². The standard InChI is InChI=1S/C12H13ClN2S/c1-8-12(16-7-14-8)9(2)15-11-5-3-4-10(13)6-11/h3-7,9,15H,1-2H3. The van der Waals surface area contributed by atoms with E-state index < -0.39 is 0 Å². The van der Waals surface area contributed by atoms with E-state index in [4.69, 9.17) is 11.6 Å². The van der Waals surface area contributed by atoms with Crippen LogP contribution in [0.3, 0.4) is 0 Å². The molecule has 0 amide bonds. The predicted octanol–water partition coefficient (Wildman–Crippen LogP) is 4.28. The van der Waals surface area contributed by atoms with Crippen LogP contribution in [0.2, 0.25) is 5.02 Å². The van der Waals surface area contributed by atoms with E-state index in [0.29, 0.717) is 0 Å². The Labute approximate surface area is 104 Å². The maximum Gasteiger partial charge on any atom is 0.0798 e. The number of nitrogens with zero attached hydrogens (tertiary/aromatic N) is 1. The molecule has 0 aliphatic heterocycles. The molecule has 0 aliphatic carbocycles. The third-order valence-electron chi connectivity index (χ3n) is 2.38. The summed E-state index contributed by atoms with van der Waals surface area (Å²) in [6, 6.07) is 8.00. The molecular formula is C12H13ClN2S. The lowest BCUT2D eigenvalue weighted by molar-refractivity contribution is 0.890. The minimum atomic E-state index is 0.256. The minimum absolute atomic E-state index is 0.256. The molecule has 0 saturated heterocycles. The molecule has 4 heteroatoms. The normalized spacial score (nSPS) is 12.4. The summed E-state index contributed by atoms with van der Waals surface area (Å²) in [5.74, 6) is 0. The highest BCUT2D eigenvalue weighted by molar-refractivity contribution is 7.09. The highest BCUT2D eigenvalue weighted by Crippen LogP contribution is 2.26. The Morgan fingerprint density at radius 3 is 2.88 bits per heavy atom. The fraction of sp³-hybridized carbons (Fsp3) is 0.250. The van der Waals surface area contributed by atoms with Crippen molar-refractivity contribution in [3.8, 4) is 0 Å². The van der Waals surface area contributed by atoms with Crippen molar-refractivity contribution in [2.75, 3.05) is 5.32 Å². The number of halogens is 1. The summed E-state index contributed by atoms with van der Waals surface area (Å²) in [4.78, 5) is 5.51. The highest BCUT2D eigenvalue weighted by atomic mass is 35.5. The van der Waals surface area contributed by atoms with E-state index in [1.54, 1.807) is 11.3 Å². The van der Waals surface area contributed by atoms with Crippen LogP contribution in [0.15, 0.2) is 29.8 Å². The van der Waals surface area contributed by atoms with Crippen molar-refractivity contribution in [1.29, 1.82) is 0 Å². The van der Waals surface area contributed by atoms with Crippen molar-refractivity contribution < 1.29 is 0 Å². The average Bonchev–Trinajstić information content (AvgIpc) is 2.64. The quantitative estimate of drug-likeness (QED) is 0.882. The number of aryl methyl sites for hydroxylation is 1. The van der Waals surface area contributed by atoms with Crippen molar-refractivity contribution in [3.63, 3.8) is 0 Å². The van der Waals surface area contributed by atoms with Gasteiger partial charge in [0.25, 0.3) is 0 Å². The van der Waals surface area contributed by atoms with E-state index in [0.717, 1.165) is 16.4 Å². The minimum Gasteiger partial charge on any atom is -0.378 e. The van der Waals surface area contributed by atoms with Crippen LogP contribution in [0.1, 0.15) is 23.5 Å². The first-order chi connectivity index (χ1) is 7.66. The molecule has 0 fully saturated rings. The van der Waals surface area contributed by atoms with Gasteiger partial charge in [0.15, 0.2) is 0 Å². The molecule has 1 heterocycles. The number of hydrogen-bond acceptors (Lipinski definition) is 3. The van der Waals surface area contributed by atoms with Gasteiger partial charge in [-0.25, -0.2) is 4.98 Å². The lowest BCUT2D eigenvalue weighted by atomic mass is 10.2. The maximum atomic E-state index is 5.93. The largest absolute Gasteiger partial charge is 0.378 e. The number of rotatable bonds is 3. The summed E-state index contributed by atoms with van der Waals surface area (Å²) in [5, 5.41) is 4.16. The van der Waals surface area contributed by atoms with Crippen molar-refractivity contribution in [2.24, 2.45) is 0 Å². The molecule has 0 radical (unpaired) electrons. The number of hydrogen-bond donors (Lipinski definition) is 1. The molecule has 1 atom stereocenters. The zero-order valence-electron chi connectivity index (χ0n) is 9.20. The summed E-state index contributed by atoms with van der Waals surface area (Å²) in [6.07, 6.45) is 0. The van der Waals surface area contributed by atoms with Crippen LogP contribution in [0.4, 0.5) is 5.69 Å². The summed E-state index contributed by atoms with van der Waals surface area (Å²) < 4.78 is 0. The molecule has 2 nitrogen and oxygen atoms in total. The maximum absolute atomic E-state index is 5.93. The first-order valence-corrected chi connectivity index (χ1v) is 6.34. The van der Waals surface area contributed by atoms with Crippen LogP contribution < -0.4 is 5.32 Å². The number of aromatic nitrogens is 1. The summed E-state index contributed by atoms with van der Waals surface area (Å²) >= 11 is 7.61. The van der Waals surface area contributed by atoms with E-state index in [9.17, 15) is 0 Å². The van der Waals surface area contributed by atoms with Gasteiger partial charge in [-0.3, -0.25) is 0 Å². The molecule has 2 aromatic rings. The molecule has 0 spiro atoms. The lowest BCUT2D eigenvalue weighted by Crippen LogP contribution is -2.06. The molecular weight excluding hydrogens is 240 g/mol. The number of thiazole rings is 1. The van der Waals surface area contributed by atoms with E-state index in [1.165, 1.54) is 4.88 Å². The monoisotopic (exact) mass is 252 g/mol. The molecule has 0 aliphatic rings. The first kappa shape index (κ1) is 11.4. The van der Waals surface area contributed by atoms with E-state index in [-0.39, 0.29) is 6.04 Å². The van der Waals surface area contributed by atoms with Gasteiger partial charge >= 0.3 is 0 Å². The summed E-state index contributed by atoms with van der Waals surface area (Å²) in [7, 11) is 0. The molecule has 1 aromatic carbocycles. The van der Waals surface area contributed by atoms with Crippen molar-refractivity contribution in [3.05, 3.63) is 45.4 Å². The third-order valence-corrected chi connectivity index (χ3v) is 3.73. The number of nitrogens with one attached hydrogen (secondary N) is 1. The van der Waals surface area contributed by atoms with Gasteiger partial charge in [-0.05, 0) is 32.0 Å². The van der Waals surface area contributed by atoms with Crippen LogP contribution in [0.5, 0.6) is 0 Å². The second kappa shape index (κ2) is 4.85. The van der Waals surface area contributed by atoms with Gasteiger partial charge in [0.1, 0.15) is 0 Å². The van der Waals surface area contributed by atoms with Crippen molar-refractivity contribution >= 4 is 28.6 Å². The Morgan fingerprint density at radius 1 is 1.44 bits per heavy atom. The van der Waals surface area contributed by atoms with Gasteiger partial charge < -0.3 is 5.32 Å². The second-order valence-electron chi connectivity index (χ2n) is 3.68. The van der Waals surface area contributed by atoms with Gasteiger partial charge in [-0.15, -0.1) is 11.3 Å². The van der Waals surface area contributed by atoms with Crippen LogP contribution >= 0.6 is 22.9 Å². The zero-order chi connectivity index (χ0) is 11.5. The molecule has 0 bridgehead atoms. The number of benzene rings is 1. The summed E-state index contributed by atoms with van der Waals surface area (Å²) in [6.45, 7) is 4.16. The molecule has 1 aromatic heterocycles. The van der Waals surface area contributed by atoms with Crippen LogP contribution in [0.25, 0.3) is 0 Å². The Bertz CT molecular complexity index is 481. The number of anilines is 1.